The molecule has 2 rings (SSSR count). The summed E-state index contributed by atoms with van der Waals surface area (Å²) in [6.45, 7) is 11.4. The number of benzene rings is 1. The van der Waals surface area contributed by atoms with Crippen molar-refractivity contribution >= 4 is 17.6 Å². The number of hydrogen-bond acceptors (Lipinski definition) is 3. The lowest BCUT2D eigenvalue weighted by atomic mass is 10.0. The Bertz CT molecular complexity index is 529. The minimum absolute atomic E-state index is 0.230. The number of nitrogens with zero attached hydrogens (tertiary/aromatic N) is 2. The van der Waals surface area contributed by atoms with Crippen molar-refractivity contribution in [1.82, 2.24) is 15.5 Å². The molecule has 0 radical (unpaired) electrons. The molecule has 0 aromatic heterocycles. The number of rotatable bonds is 7. The Hall–Kier alpha value is -1.30. The predicted molar refractivity (Wildman–Crippen MR) is 105 cm³/mol. The Morgan fingerprint density at radius 3 is 2.52 bits per heavy atom. The molecule has 0 spiro atoms. The van der Waals surface area contributed by atoms with Crippen LogP contribution in [0, 0.1) is 0 Å². The summed E-state index contributed by atoms with van der Waals surface area (Å²) in [5.41, 5.74) is 1.24. The second-order valence-electron chi connectivity index (χ2n) is 6.39. The fourth-order valence-corrected chi connectivity index (χ4v) is 2.96. The summed E-state index contributed by atoms with van der Waals surface area (Å²) in [6, 6.07) is 8.75. The monoisotopic (exact) mass is 366 g/mol. The van der Waals surface area contributed by atoms with Crippen molar-refractivity contribution in [3.8, 4) is 0 Å². The number of halogens is 1. The lowest BCUT2D eigenvalue weighted by Crippen LogP contribution is -2.43. The summed E-state index contributed by atoms with van der Waals surface area (Å²) in [5, 5.41) is 7.57. The van der Waals surface area contributed by atoms with Crippen LogP contribution in [-0.2, 0) is 4.74 Å². The van der Waals surface area contributed by atoms with Gasteiger partial charge >= 0.3 is 0 Å². The average Bonchev–Trinajstić information content (AvgIpc) is 2.64. The first-order chi connectivity index (χ1) is 12.1. The minimum Gasteiger partial charge on any atom is -0.379 e. The number of morpholine rings is 1. The fourth-order valence-electron chi connectivity index (χ4n) is 2.84. The standard InChI is InChI=1S/C19H31ClN4O/c1-4-15(3)23-19(21-5-2)22-14-18(24-10-12-25-13-11-24)16-6-8-17(20)9-7-16/h6-9,15,18H,4-5,10-14H2,1-3H3,(H2,21,22,23). The molecule has 0 bridgehead atoms. The maximum atomic E-state index is 6.06. The molecule has 25 heavy (non-hydrogen) atoms. The van der Waals surface area contributed by atoms with Gasteiger partial charge < -0.3 is 15.4 Å². The Labute approximate surface area is 156 Å². The van der Waals surface area contributed by atoms with Crippen LogP contribution in [-0.4, -0.2) is 56.3 Å². The van der Waals surface area contributed by atoms with Crippen molar-refractivity contribution < 1.29 is 4.74 Å². The third-order valence-electron chi connectivity index (χ3n) is 4.50. The third-order valence-corrected chi connectivity index (χ3v) is 4.76. The molecule has 1 aliphatic heterocycles. The van der Waals surface area contributed by atoms with Gasteiger partial charge in [-0.25, -0.2) is 0 Å². The maximum absolute atomic E-state index is 6.06. The molecule has 6 heteroatoms. The molecule has 1 heterocycles. The minimum atomic E-state index is 0.230. The largest absolute Gasteiger partial charge is 0.379 e. The predicted octanol–water partition coefficient (Wildman–Crippen LogP) is 3.07. The Kier molecular flexibility index (Phi) is 8.52. The van der Waals surface area contributed by atoms with Gasteiger partial charge in [0.25, 0.3) is 0 Å². The summed E-state index contributed by atoms with van der Waals surface area (Å²) in [7, 11) is 0. The summed E-state index contributed by atoms with van der Waals surface area (Å²) >= 11 is 6.06. The highest BCUT2D eigenvalue weighted by molar-refractivity contribution is 6.30. The van der Waals surface area contributed by atoms with Crippen LogP contribution in [0.25, 0.3) is 0 Å². The zero-order valence-corrected chi connectivity index (χ0v) is 16.4. The van der Waals surface area contributed by atoms with Gasteiger partial charge in [0, 0.05) is 30.7 Å². The summed E-state index contributed by atoms with van der Waals surface area (Å²) in [5.74, 6) is 0.879. The Morgan fingerprint density at radius 2 is 1.92 bits per heavy atom. The van der Waals surface area contributed by atoms with Crippen molar-refractivity contribution in [3.63, 3.8) is 0 Å². The first kappa shape index (κ1) is 20.0. The van der Waals surface area contributed by atoms with Crippen LogP contribution >= 0.6 is 11.6 Å². The highest BCUT2D eigenvalue weighted by atomic mass is 35.5. The van der Waals surface area contributed by atoms with Gasteiger partial charge in [-0.05, 0) is 38.0 Å². The van der Waals surface area contributed by atoms with Crippen LogP contribution in [0.15, 0.2) is 29.3 Å². The Balaban J connectivity index is 2.15. The zero-order valence-electron chi connectivity index (χ0n) is 15.6. The van der Waals surface area contributed by atoms with Crippen molar-refractivity contribution in [2.75, 3.05) is 39.4 Å². The van der Waals surface area contributed by atoms with Crippen LogP contribution < -0.4 is 10.6 Å². The molecule has 2 unspecified atom stereocenters. The van der Waals surface area contributed by atoms with E-state index in [9.17, 15) is 0 Å². The van der Waals surface area contributed by atoms with Gasteiger partial charge in [0.1, 0.15) is 0 Å². The number of ether oxygens (including phenoxy) is 1. The van der Waals surface area contributed by atoms with Gasteiger partial charge in [-0.1, -0.05) is 30.7 Å². The molecular formula is C19H31ClN4O. The van der Waals surface area contributed by atoms with Crippen LogP contribution in [0.5, 0.6) is 0 Å². The topological polar surface area (TPSA) is 48.9 Å². The van der Waals surface area contributed by atoms with E-state index in [0.717, 1.165) is 50.3 Å². The summed E-state index contributed by atoms with van der Waals surface area (Å²) < 4.78 is 5.51. The lowest BCUT2D eigenvalue weighted by Gasteiger charge is -2.34. The zero-order chi connectivity index (χ0) is 18.1. The molecule has 2 atom stereocenters. The van der Waals surface area contributed by atoms with E-state index >= 15 is 0 Å². The lowest BCUT2D eigenvalue weighted by molar-refractivity contribution is 0.0179. The van der Waals surface area contributed by atoms with Crippen molar-refractivity contribution in [3.05, 3.63) is 34.9 Å². The van der Waals surface area contributed by atoms with Gasteiger partial charge in [0.15, 0.2) is 5.96 Å². The van der Waals surface area contributed by atoms with Crippen molar-refractivity contribution in [2.24, 2.45) is 4.99 Å². The number of guanidine groups is 1. The van der Waals surface area contributed by atoms with Gasteiger partial charge in [0.05, 0.1) is 25.8 Å². The van der Waals surface area contributed by atoms with E-state index < -0.39 is 0 Å². The average molecular weight is 367 g/mol. The molecule has 0 saturated carbocycles. The van der Waals surface area contributed by atoms with Crippen LogP contribution in [0.2, 0.25) is 5.02 Å². The van der Waals surface area contributed by atoms with E-state index in [1.165, 1.54) is 5.56 Å². The van der Waals surface area contributed by atoms with Crippen molar-refractivity contribution in [2.45, 2.75) is 39.3 Å². The molecule has 0 aliphatic carbocycles. The first-order valence-corrected chi connectivity index (χ1v) is 9.64. The Morgan fingerprint density at radius 1 is 1.24 bits per heavy atom. The normalized spacial score (nSPS) is 18.6. The second kappa shape index (κ2) is 10.6. The molecule has 0 amide bonds. The third kappa shape index (κ3) is 6.49. The van der Waals surface area contributed by atoms with E-state index in [-0.39, 0.29) is 6.04 Å². The summed E-state index contributed by atoms with van der Waals surface area (Å²) in [4.78, 5) is 7.30. The molecule has 1 aromatic carbocycles. The smallest absolute Gasteiger partial charge is 0.191 e. The molecule has 5 nitrogen and oxygen atoms in total. The molecule has 1 aliphatic rings. The molecule has 140 valence electrons. The first-order valence-electron chi connectivity index (χ1n) is 9.26. The second-order valence-corrected chi connectivity index (χ2v) is 6.83. The molecule has 1 saturated heterocycles. The van der Waals surface area contributed by atoms with E-state index in [4.69, 9.17) is 21.3 Å². The maximum Gasteiger partial charge on any atom is 0.191 e. The SMILES string of the molecule is CCNC(=NCC(c1ccc(Cl)cc1)N1CCOCC1)NC(C)CC. The molecule has 2 N–H and O–H groups in total. The number of nitrogens with one attached hydrogen (secondary N) is 2. The van der Waals surface area contributed by atoms with Crippen LogP contribution in [0.1, 0.15) is 38.8 Å². The van der Waals surface area contributed by atoms with E-state index in [2.05, 4.69) is 48.4 Å². The van der Waals surface area contributed by atoms with Gasteiger partial charge in [-0.2, -0.15) is 0 Å². The van der Waals surface area contributed by atoms with E-state index in [1.807, 2.05) is 12.1 Å². The van der Waals surface area contributed by atoms with Crippen LogP contribution in [0.3, 0.4) is 0 Å². The van der Waals surface area contributed by atoms with E-state index in [0.29, 0.717) is 12.6 Å². The van der Waals surface area contributed by atoms with Gasteiger partial charge in [0.2, 0.25) is 0 Å². The molecular weight excluding hydrogens is 336 g/mol. The summed E-state index contributed by atoms with van der Waals surface area (Å²) in [6.07, 6.45) is 1.06. The molecule has 1 fully saturated rings. The number of hydrogen-bond donors (Lipinski definition) is 2. The van der Waals surface area contributed by atoms with Crippen LogP contribution in [0.4, 0.5) is 0 Å². The highest BCUT2D eigenvalue weighted by Gasteiger charge is 2.22. The molecule has 1 aromatic rings. The van der Waals surface area contributed by atoms with Gasteiger partial charge in [-0.3, -0.25) is 9.89 Å². The van der Waals surface area contributed by atoms with E-state index in [1.54, 1.807) is 0 Å². The highest BCUT2D eigenvalue weighted by Crippen LogP contribution is 2.24. The van der Waals surface area contributed by atoms with Gasteiger partial charge in [-0.15, -0.1) is 0 Å². The van der Waals surface area contributed by atoms with Crippen molar-refractivity contribution in [1.29, 1.82) is 0 Å². The quantitative estimate of drug-likeness (QED) is 0.575. The fraction of sp³-hybridized carbons (Fsp3) is 0.632. The number of aliphatic imine (C=N–C) groups is 1.